The molecule has 0 bridgehead atoms. The zero-order valence-corrected chi connectivity index (χ0v) is 14.0. The van der Waals surface area contributed by atoms with Gasteiger partial charge in [0.15, 0.2) is 0 Å². The molecule has 0 atom stereocenters. The highest BCUT2D eigenvalue weighted by atomic mass is 32.2. The molecule has 0 aliphatic rings. The number of hydrogen-bond donors (Lipinski definition) is 0. The van der Waals surface area contributed by atoms with E-state index in [1.807, 2.05) is 24.3 Å². The summed E-state index contributed by atoms with van der Waals surface area (Å²) < 4.78 is 14.8. The highest BCUT2D eigenvalue weighted by molar-refractivity contribution is 7.94. The molecule has 0 aliphatic carbocycles. The van der Waals surface area contributed by atoms with Crippen molar-refractivity contribution in [2.75, 3.05) is 0 Å². The third-order valence-electron chi connectivity index (χ3n) is 4.01. The average molecular weight is 313 g/mol. The van der Waals surface area contributed by atoms with Crippen LogP contribution < -0.4 is 0 Å². The van der Waals surface area contributed by atoms with Gasteiger partial charge in [-0.05, 0) is 59.9 Å². The van der Waals surface area contributed by atoms with Gasteiger partial charge in [0.05, 0.1) is 12.1 Å². The molecule has 114 valence electrons. The second-order valence-electron chi connectivity index (χ2n) is 6.14. The molecule has 1 aromatic carbocycles. The van der Waals surface area contributed by atoms with Crippen molar-refractivity contribution >= 4 is 17.7 Å². The fourth-order valence-corrected chi connectivity index (χ4v) is 3.03. The van der Waals surface area contributed by atoms with Gasteiger partial charge in [0.2, 0.25) is 0 Å². The van der Waals surface area contributed by atoms with Gasteiger partial charge in [-0.2, -0.15) is 3.89 Å². The van der Waals surface area contributed by atoms with E-state index >= 15 is 0 Å². The van der Waals surface area contributed by atoms with Crippen molar-refractivity contribution in [2.45, 2.75) is 38.0 Å². The third kappa shape index (κ3) is 3.05. The largest absolute Gasteiger partial charge is 0.320 e. The molecule has 3 aromatic rings. The number of halogens is 1. The summed E-state index contributed by atoms with van der Waals surface area (Å²) in [5.74, 6) is 0.522. The first-order valence-electron chi connectivity index (χ1n) is 7.56. The van der Waals surface area contributed by atoms with Gasteiger partial charge < -0.3 is 4.40 Å². The molecule has 1 nitrogen and oxygen atoms in total. The summed E-state index contributed by atoms with van der Waals surface area (Å²) in [6.07, 6.45) is 3.09. The molecule has 3 heteroatoms. The summed E-state index contributed by atoms with van der Waals surface area (Å²) in [6, 6.07) is 14.4. The lowest BCUT2D eigenvalue weighted by atomic mass is 10.1. The average Bonchev–Trinajstić information content (AvgIpc) is 2.92. The van der Waals surface area contributed by atoms with Gasteiger partial charge in [-0.15, -0.1) is 0 Å². The van der Waals surface area contributed by atoms with E-state index in [4.69, 9.17) is 0 Å². The molecule has 0 spiro atoms. The lowest BCUT2D eigenvalue weighted by Gasteiger charge is -2.09. The normalized spacial score (nSPS) is 11.5. The van der Waals surface area contributed by atoms with E-state index < -0.39 is 0 Å². The smallest absolute Gasteiger partial charge is 0.0812 e. The van der Waals surface area contributed by atoms with Gasteiger partial charge in [-0.1, -0.05) is 26.0 Å². The molecule has 3 rings (SSSR count). The predicted octanol–water partition coefficient (Wildman–Crippen LogP) is 5.94. The van der Waals surface area contributed by atoms with Crippen molar-refractivity contribution in [3.8, 4) is 0 Å². The Hall–Kier alpha value is -1.74. The predicted molar refractivity (Wildman–Crippen MR) is 92.4 cm³/mol. The minimum atomic E-state index is 0.290. The molecule has 22 heavy (non-hydrogen) atoms. The number of aromatic nitrogens is 1. The van der Waals surface area contributed by atoms with Gasteiger partial charge >= 0.3 is 0 Å². The quantitative estimate of drug-likeness (QED) is 0.577. The molecule has 0 N–H and O–H groups in total. The molecular formula is C19H20FNS. The van der Waals surface area contributed by atoms with Crippen LogP contribution in [0.15, 0.2) is 53.6 Å². The maximum Gasteiger partial charge on any atom is 0.0812 e. The zero-order valence-electron chi connectivity index (χ0n) is 13.1. The Labute approximate surface area is 135 Å². The van der Waals surface area contributed by atoms with Crippen molar-refractivity contribution in [2.24, 2.45) is 0 Å². The van der Waals surface area contributed by atoms with E-state index in [0.717, 1.165) is 6.42 Å². The molecule has 0 fully saturated rings. The van der Waals surface area contributed by atoms with E-state index in [-0.39, 0.29) is 0 Å². The van der Waals surface area contributed by atoms with Crippen LogP contribution in [0.25, 0.3) is 5.52 Å². The van der Waals surface area contributed by atoms with Gasteiger partial charge in [-0.25, -0.2) is 0 Å². The number of pyridine rings is 1. The summed E-state index contributed by atoms with van der Waals surface area (Å²) in [5, 5.41) is 0. The molecule has 0 radical (unpaired) electrons. The summed E-state index contributed by atoms with van der Waals surface area (Å²) >= 11 is 0.290. The molecule has 2 aromatic heterocycles. The fourth-order valence-electron chi connectivity index (χ4n) is 2.79. The number of rotatable bonds is 4. The monoisotopic (exact) mass is 313 g/mol. The van der Waals surface area contributed by atoms with Crippen LogP contribution >= 0.6 is 12.1 Å². The van der Waals surface area contributed by atoms with E-state index in [9.17, 15) is 3.89 Å². The van der Waals surface area contributed by atoms with E-state index in [2.05, 4.69) is 49.6 Å². The Morgan fingerprint density at radius 3 is 2.45 bits per heavy atom. The van der Waals surface area contributed by atoms with Crippen LogP contribution in [-0.4, -0.2) is 4.40 Å². The number of aryl methyl sites for hydroxylation is 1. The van der Waals surface area contributed by atoms with Crippen molar-refractivity contribution < 1.29 is 3.89 Å². The Morgan fingerprint density at radius 1 is 1.09 bits per heavy atom. The van der Waals surface area contributed by atoms with Crippen LogP contribution in [-0.2, 0) is 6.42 Å². The lowest BCUT2D eigenvalue weighted by Crippen LogP contribution is -1.98. The summed E-state index contributed by atoms with van der Waals surface area (Å²) in [7, 11) is 0. The van der Waals surface area contributed by atoms with E-state index in [1.54, 1.807) is 0 Å². The number of nitrogens with zero attached hydrogens (tertiary/aromatic N) is 1. The molecule has 2 heterocycles. The van der Waals surface area contributed by atoms with Crippen LogP contribution in [0, 0.1) is 6.92 Å². The topological polar surface area (TPSA) is 4.41 Å². The first-order chi connectivity index (χ1) is 10.6. The van der Waals surface area contributed by atoms with E-state index in [1.165, 1.54) is 27.9 Å². The third-order valence-corrected chi connectivity index (χ3v) is 4.46. The van der Waals surface area contributed by atoms with Gasteiger partial charge in [0, 0.05) is 28.7 Å². The minimum absolute atomic E-state index is 0.290. The lowest BCUT2D eigenvalue weighted by molar-refractivity contribution is 0.862. The minimum Gasteiger partial charge on any atom is -0.320 e. The fraction of sp³-hybridized carbons (Fsp3) is 0.263. The molecule has 0 aliphatic heterocycles. The van der Waals surface area contributed by atoms with Crippen LogP contribution in [0.3, 0.4) is 0 Å². The standard InChI is InChI=1S/C19H20FNS/c1-13(2)16-11-18-9-14(3)8-17(21(18)12-16)10-15-4-6-19(22-20)7-5-15/h4-9,11-13H,10H2,1-3H3. The Balaban J connectivity index is 2.01. The van der Waals surface area contributed by atoms with Gasteiger partial charge in [0.1, 0.15) is 0 Å². The van der Waals surface area contributed by atoms with Crippen LogP contribution in [0.1, 0.15) is 42.1 Å². The van der Waals surface area contributed by atoms with Crippen LogP contribution in [0.2, 0.25) is 0 Å². The van der Waals surface area contributed by atoms with Crippen LogP contribution in [0.5, 0.6) is 0 Å². The van der Waals surface area contributed by atoms with E-state index in [0.29, 0.717) is 23.0 Å². The van der Waals surface area contributed by atoms with Crippen molar-refractivity contribution in [3.05, 3.63) is 71.0 Å². The highest BCUT2D eigenvalue weighted by Crippen LogP contribution is 2.24. The Bertz CT molecular complexity index is 787. The molecule has 0 saturated carbocycles. The molecule has 0 unspecified atom stereocenters. The number of hydrogen-bond acceptors (Lipinski definition) is 1. The highest BCUT2D eigenvalue weighted by Gasteiger charge is 2.08. The number of fused-ring (bicyclic) bond motifs is 1. The van der Waals surface area contributed by atoms with Crippen molar-refractivity contribution in [1.82, 2.24) is 4.40 Å². The summed E-state index contributed by atoms with van der Waals surface area (Å²) in [4.78, 5) is 0.654. The molecule has 0 saturated heterocycles. The van der Waals surface area contributed by atoms with Gasteiger partial charge in [0.25, 0.3) is 0 Å². The zero-order chi connectivity index (χ0) is 15.7. The van der Waals surface area contributed by atoms with Crippen LogP contribution in [0.4, 0.5) is 3.89 Å². The Kier molecular flexibility index (Phi) is 4.25. The first-order valence-corrected chi connectivity index (χ1v) is 8.27. The maximum absolute atomic E-state index is 12.5. The molecular weight excluding hydrogens is 293 g/mol. The summed E-state index contributed by atoms with van der Waals surface area (Å²) in [5.41, 5.74) is 6.34. The second-order valence-corrected chi connectivity index (χ2v) is 6.77. The number of benzene rings is 1. The van der Waals surface area contributed by atoms with Gasteiger partial charge in [-0.3, -0.25) is 0 Å². The molecule has 0 amide bonds. The Morgan fingerprint density at radius 2 is 1.82 bits per heavy atom. The maximum atomic E-state index is 12.5. The first kappa shape index (κ1) is 15.2. The summed E-state index contributed by atoms with van der Waals surface area (Å²) in [6.45, 7) is 6.57. The van der Waals surface area contributed by atoms with Crippen molar-refractivity contribution in [3.63, 3.8) is 0 Å². The SMILES string of the molecule is Cc1cc(Cc2ccc(SF)cc2)n2cc(C(C)C)cc2c1. The second kappa shape index (κ2) is 6.17. The van der Waals surface area contributed by atoms with Crippen molar-refractivity contribution in [1.29, 1.82) is 0 Å².